The van der Waals surface area contributed by atoms with Gasteiger partial charge in [0.2, 0.25) is 0 Å². The Morgan fingerprint density at radius 3 is 2.26 bits per heavy atom. The van der Waals surface area contributed by atoms with Gasteiger partial charge in [0.25, 0.3) is 10.2 Å². The molecule has 0 bridgehead atoms. The summed E-state index contributed by atoms with van der Waals surface area (Å²) in [6, 6.07) is 0. The van der Waals surface area contributed by atoms with Crippen molar-refractivity contribution in [2.75, 3.05) is 33.8 Å². The Morgan fingerprint density at radius 2 is 1.79 bits per heavy atom. The quantitative estimate of drug-likeness (QED) is 0.705. The smallest absolute Gasteiger partial charge is 0.309 e. The summed E-state index contributed by atoms with van der Waals surface area (Å²) in [5.41, 5.74) is 0. The second kappa shape index (κ2) is 7.21. The zero-order valence-corrected chi connectivity index (χ0v) is 12.8. The molecule has 1 saturated heterocycles. The van der Waals surface area contributed by atoms with E-state index in [0.717, 1.165) is 25.7 Å². The Kier molecular flexibility index (Phi) is 6.22. The van der Waals surface area contributed by atoms with Crippen molar-refractivity contribution in [1.29, 1.82) is 0 Å². The molecule has 1 atom stereocenters. The predicted octanol–water partition coefficient (Wildman–Crippen LogP) is 0.848. The van der Waals surface area contributed by atoms with Crippen molar-refractivity contribution in [2.45, 2.75) is 32.6 Å². The monoisotopic (exact) mass is 292 g/mol. The third-order valence-corrected chi connectivity index (χ3v) is 5.37. The van der Waals surface area contributed by atoms with Crippen LogP contribution in [0.5, 0.6) is 0 Å². The number of ether oxygens (including phenoxy) is 1. The van der Waals surface area contributed by atoms with E-state index in [1.54, 1.807) is 6.92 Å². The first-order valence-corrected chi connectivity index (χ1v) is 8.08. The lowest BCUT2D eigenvalue weighted by molar-refractivity contribution is -0.145. The first kappa shape index (κ1) is 16.4. The van der Waals surface area contributed by atoms with Gasteiger partial charge in [-0.25, -0.2) is 0 Å². The number of esters is 1. The van der Waals surface area contributed by atoms with Crippen LogP contribution in [0, 0.1) is 5.92 Å². The summed E-state index contributed by atoms with van der Waals surface area (Å²) in [6.45, 7) is 2.95. The molecule has 0 aromatic rings. The number of methoxy groups -OCH3 is 1. The molecule has 1 fully saturated rings. The normalized spacial score (nSPS) is 20.0. The third kappa shape index (κ3) is 4.43. The lowest BCUT2D eigenvalue weighted by Crippen LogP contribution is -2.44. The Balaban J connectivity index is 2.67. The second-order valence-corrected chi connectivity index (χ2v) is 7.06. The summed E-state index contributed by atoms with van der Waals surface area (Å²) in [7, 11) is -0.642. The van der Waals surface area contributed by atoms with Crippen LogP contribution in [0.2, 0.25) is 0 Å². The second-order valence-electron chi connectivity index (χ2n) is 5.03. The van der Waals surface area contributed by atoms with Crippen LogP contribution in [0.25, 0.3) is 0 Å². The van der Waals surface area contributed by atoms with Gasteiger partial charge in [-0.2, -0.15) is 17.0 Å². The largest absolute Gasteiger partial charge is 0.469 e. The van der Waals surface area contributed by atoms with E-state index < -0.39 is 22.1 Å². The first-order valence-electron chi connectivity index (χ1n) is 6.69. The molecule has 19 heavy (non-hydrogen) atoms. The molecular formula is C12H24N2O4S. The van der Waals surface area contributed by atoms with Gasteiger partial charge in [0.15, 0.2) is 0 Å². The number of hydrogen-bond donors (Lipinski definition) is 0. The van der Waals surface area contributed by atoms with Gasteiger partial charge in [0.1, 0.15) is 0 Å². The lowest BCUT2D eigenvalue weighted by atomic mass is 10.2. The van der Waals surface area contributed by atoms with Gasteiger partial charge in [-0.15, -0.1) is 0 Å². The molecule has 0 radical (unpaired) electrons. The molecule has 0 saturated carbocycles. The Labute approximate surface area is 115 Å². The van der Waals surface area contributed by atoms with Gasteiger partial charge in [-0.3, -0.25) is 4.79 Å². The van der Waals surface area contributed by atoms with Crippen molar-refractivity contribution in [3.05, 3.63) is 0 Å². The maximum absolute atomic E-state index is 12.4. The van der Waals surface area contributed by atoms with E-state index in [0.29, 0.717) is 13.1 Å². The lowest BCUT2D eigenvalue weighted by Gasteiger charge is -2.27. The van der Waals surface area contributed by atoms with Crippen LogP contribution >= 0.6 is 0 Å². The van der Waals surface area contributed by atoms with E-state index in [9.17, 15) is 13.2 Å². The van der Waals surface area contributed by atoms with Crippen molar-refractivity contribution in [1.82, 2.24) is 8.61 Å². The van der Waals surface area contributed by atoms with Crippen molar-refractivity contribution < 1.29 is 17.9 Å². The summed E-state index contributed by atoms with van der Waals surface area (Å²) < 4.78 is 32.2. The summed E-state index contributed by atoms with van der Waals surface area (Å²) in [5, 5.41) is 0. The molecule has 0 aliphatic carbocycles. The number of carbonyl (C=O) groups excluding carboxylic acids is 1. The van der Waals surface area contributed by atoms with Gasteiger partial charge in [0, 0.05) is 26.7 Å². The molecule has 0 spiro atoms. The number of nitrogens with zero attached hydrogens (tertiary/aromatic N) is 2. The Morgan fingerprint density at radius 1 is 1.26 bits per heavy atom. The average molecular weight is 292 g/mol. The van der Waals surface area contributed by atoms with E-state index in [1.165, 1.54) is 22.8 Å². The van der Waals surface area contributed by atoms with E-state index in [1.807, 2.05) is 0 Å². The molecule has 1 unspecified atom stereocenters. The van der Waals surface area contributed by atoms with Crippen LogP contribution in [0.15, 0.2) is 0 Å². The van der Waals surface area contributed by atoms with E-state index in [2.05, 4.69) is 4.74 Å². The standard InChI is InChI=1S/C12H24N2O4S/c1-11(12(15)18-3)10-13(2)19(16,17)14-8-6-4-5-7-9-14/h11H,4-10H2,1-3H3. The predicted molar refractivity (Wildman–Crippen MR) is 72.8 cm³/mol. The Bertz CT molecular complexity index is 389. The molecule has 7 heteroatoms. The summed E-state index contributed by atoms with van der Waals surface area (Å²) >= 11 is 0. The summed E-state index contributed by atoms with van der Waals surface area (Å²) in [5.74, 6) is -0.852. The van der Waals surface area contributed by atoms with Gasteiger partial charge in [0.05, 0.1) is 13.0 Å². The third-order valence-electron chi connectivity index (χ3n) is 3.42. The molecule has 0 N–H and O–H groups in total. The first-order chi connectivity index (χ1) is 8.89. The molecule has 0 aromatic carbocycles. The number of hydrogen-bond acceptors (Lipinski definition) is 4. The maximum Gasteiger partial charge on any atom is 0.309 e. The highest BCUT2D eigenvalue weighted by molar-refractivity contribution is 7.86. The van der Waals surface area contributed by atoms with Gasteiger partial charge in [-0.05, 0) is 12.8 Å². The number of rotatable bonds is 5. The zero-order valence-electron chi connectivity index (χ0n) is 12.0. The van der Waals surface area contributed by atoms with Crippen LogP contribution < -0.4 is 0 Å². The van der Waals surface area contributed by atoms with Crippen molar-refractivity contribution in [2.24, 2.45) is 5.92 Å². The minimum atomic E-state index is -3.46. The van der Waals surface area contributed by atoms with Crippen molar-refractivity contribution >= 4 is 16.2 Å². The minimum absolute atomic E-state index is 0.144. The van der Waals surface area contributed by atoms with Crippen molar-refractivity contribution in [3.63, 3.8) is 0 Å². The van der Waals surface area contributed by atoms with E-state index in [-0.39, 0.29) is 6.54 Å². The van der Waals surface area contributed by atoms with Crippen LogP contribution in [-0.2, 0) is 19.7 Å². The highest BCUT2D eigenvalue weighted by Gasteiger charge is 2.29. The summed E-state index contributed by atoms with van der Waals surface area (Å²) in [4.78, 5) is 11.3. The topological polar surface area (TPSA) is 66.9 Å². The van der Waals surface area contributed by atoms with Crippen LogP contribution in [0.3, 0.4) is 0 Å². The van der Waals surface area contributed by atoms with Crippen molar-refractivity contribution in [3.8, 4) is 0 Å². The minimum Gasteiger partial charge on any atom is -0.469 e. The van der Waals surface area contributed by atoms with E-state index in [4.69, 9.17) is 0 Å². The van der Waals surface area contributed by atoms with Gasteiger partial charge in [-0.1, -0.05) is 19.8 Å². The Hall–Kier alpha value is -0.660. The van der Waals surface area contributed by atoms with Crippen LogP contribution in [0.1, 0.15) is 32.6 Å². The molecular weight excluding hydrogens is 268 g/mol. The van der Waals surface area contributed by atoms with Gasteiger partial charge < -0.3 is 4.74 Å². The van der Waals surface area contributed by atoms with Gasteiger partial charge >= 0.3 is 5.97 Å². The van der Waals surface area contributed by atoms with E-state index >= 15 is 0 Å². The maximum atomic E-state index is 12.4. The zero-order chi connectivity index (χ0) is 14.5. The highest BCUT2D eigenvalue weighted by Crippen LogP contribution is 2.16. The fourth-order valence-corrected chi connectivity index (χ4v) is 3.75. The average Bonchev–Trinajstić information content (AvgIpc) is 2.66. The molecule has 0 aromatic heterocycles. The van der Waals surface area contributed by atoms with Crippen LogP contribution in [0.4, 0.5) is 0 Å². The summed E-state index contributed by atoms with van der Waals surface area (Å²) in [6.07, 6.45) is 3.96. The number of carbonyl (C=O) groups is 1. The highest BCUT2D eigenvalue weighted by atomic mass is 32.2. The molecule has 1 heterocycles. The fraction of sp³-hybridized carbons (Fsp3) is 0.917. The SMILES string of the molecule is COC(=O)C(C)CN(C)S(=O)(=O)N1CCCCCC1. The molecule has 1 aliphatic heterocycles. The molecule has 1 rings (SSSR count). The molecule has 0 amide bonds. The fourth-order valence-electron chi connectivity index (χ4n) is 2.23. The van der Waals surface area contributed by atoms with Crippen LogP contribution in [-0.4, -0.2) is 56.8 Å². The molecule has 112 valence electrons. The molecule has 6 nitrogen and oxygen atoms in total. The molecule has 1 aliphatic rings.